The molecule has 4 N–H and O–H groups in total. The van der Waals surface area contributed by atoms with Gasteiger partial charge in [-0.25, -0.2) is 9.37 Å². The molecular weight excluding hydrogens is 309 g/mol. The smallest absolute Gasteiger partial charge is 0.167 e. The van der Waals surface area contributed by atoms with Crippen molar-refractivity contribution in [1.29, 1.82) is 0 Å². The minimum Gasteiger partial charge on any atom is -0.453 e. The molecule has 0 saturated carbocycles. The Morgan fingerprint density at radius 2 is 2.04 bits per heavy atom. The molecule has 6 nitrogen and oxygen atoms in total. The van der Waals surface area contributed by atoms with E-state index >= 15 is 0 Å². The van der Waals surface area contributed by atoms with E-state index in [0.717, 1.165) is 18.5 Å². The van der Waals surface area contributed by atoms with Gasteiger partial charge in [-0.2, -0.15) is 5.10 Å². The summed E-state index contributed by atoms with van der Waals surface area (Å²) >= 11 is 0. The third kappa shape index (κ3) is 3.15. The molecule has 24 heavy (non-hydrogen) atoms. The first kappa shape index (κ1) is 15.8. The van der Waals surface area contributed by atoms with Gasteiger partial charge in [0.1, 0.15) is 11.6 Å². The molecule has 0 aliphatic rings. The molecule has 3 rings (SSSR count). The number of anilines is 2. The lowest BCUT2D eigenvalue weighted by Gasteiger charge is -2.12. The first-order valence-corrected chi connectivity index (χ1v) is 7.58. The minimum absolute atomic E-state index is 0.0667. The van der Waals surface area contributed by atoms with Gasteiger partial charge in [0.2, 0.25) is 0 Å². The van der Waals surface area contributed by atoms with Crippen molar-refractivity contribution in [3.05, 3.63) is 48.7 Å². The second kappa shape index (κ2) is 6.57. The molecule has 3 aromatic rings. The number of nitrogens with zero attached hydrogens (tertiary/aromatic N) is 3. The number of halogens is 1. The van der Waals surface area contributed by atoms with Gasteiger partial charge >= 0.3 is 0 Å². The molecule has 0 fully saturated rings. The molecule has 0 atom stereocenters. The zero-order valence-corrected chi connectivity index (χ0v) is 13.2. The molecule has 0 unspecified atom stereocenters. The quantitative estimate of drug-likeness (QED) is 0.700. The van der Waals surface area contributed by atoms with Crippen LogP contribution >= 0.6 is 0 Å². The van der Waals surface area contributed by atoms with E-state index < -0.39 is 5.82 Å². The van der Waals surface area contributed by atoms with Crippen LogP contribution in [-0.2, 0) is 6.54 Å². The van der Waals surface area contributed by atoms with Crippen LogP contribution in [0.2, 0.25) is 0 Å². The Morgan fingerprint density at radius 3 is 2.79 bits per heavy atom. The van der Waals surface area contributed by atoms with Crippen LogP contribution in [0.15, 0.2) is 42.9 Å². The number of hydrogen-bond donors (Lipinski definition) is 2. The lowest BCUT2D eigenvalue weighted by atomic mass is 10.1. The number of hydrogen-bond acceptors (Lipinski definition) is 5. The van der Waals surface area contributed by atoms with E-state index in [-0.39, 0.29) is 5.75 Å². The summed E-state index contributed by atoms with van der Waals surface area (Å²) in [4.78, 5) is 4.10. The normalized spacial score (nSPS) is 10.8. The van der Waals surface area contributed by atoms with Crippen molar-refractivity contribution >= 4 is 11.5 Å². The Morgan fingerprint density at radius 1 is 1.21 bits per heavy atom. The number of nitrogen functional groups attached to an aromatic ring is 2. The van der Waals surface area contributed by atoms with Gasteiger partial charge in [-0.3, -0.25) is 4.68 Å². The molecule has 2 heterocycles. The van der Waals surface area contributed by atoms with Gasteiger partial charge in [0.25, 0.3) is 0 Å². The van der Waals surface area contributed by atoms with E-state index in [9.17, 15) is 4.39 Å². The molecule has 0 spiro atoms. The van der Waals surface area contributed by atoms with E-state index in [1.807, 2.05) is 10.9 Å². The highest BCUT2D eigenvalue weighted by atomic mass is 19.1. The largest absolute Gasteiger partial charge is 0.453 e. The summed E-state index contributed by atoms with van der Waals surface area (Å²) in [5.74, 6) is 0.219. The highest BCUT2D eigenvalue weighted by Gasteiger charge is 2.15. The van der Waals surface area contributed by atoms with Crippen LogP contribution in [-0.4, -0.2) is 14.8 Å². The third-order valence-corrected chi connectivity index (χ3v) is 3.49. The first-order valence-electron chi connectivity index (χ1n) is 7.58. The average molecular weight is 327 g/mol. The summed E-state index contributed by atoms with van der Waals surface area (Å²) in [6.45, 7) is 2.86. The molecule has 124 valence electrons. The predicted octanol–water partition coefficient (Wildman–Crippen LogP) is 3.45. The number of nitrogens with two attached hydrogens (primary N) is 2. The van der Waals surface area contributed by atoms with Crippen LogP contribution in [0.3, 0.4) is 0 Å². The highest BCUT2D eigenvalue weighted by Crippen LogP contribution is 2.37. The van der Waals surface area contributed by atoms with Crippen LogP contribution in [0.25, 0.3) is 11.1 Å². The second-order valence-electron chi connectivity index (χ2n) is 5.35. The van der Waals surface area contributed by atoms with Crippen molar-refractivity contribution in [2.45, 2.75) is 19.9 Å². The Bertz CT molecular complexity index is 862. The molecule has 0 saturated heterocycles. The van der Waals surface area contributed by atoms with Gasteiger partial charge < -0.3 is 16.2 Å². The van der Waals surface area contributed by atoms with Gasteiger partial charge in [0.05, 0.1) is 11.8 Å². The predicted molar refractivity (Wildman–Crippen MR) is 91.0 cm³/mol. The highest BCUT2D eigenvalue weighted by molar-refractivity contribution is 5.79. The Balaban J connectivity index is 2.00. The lowest BCUT2D eigenvalue weighted by molar-refractivity contribution is 0.443. The van der Waals surface area contributed by atoms with Crippen molar-refractivity contribution < 1.29 is 9.13 Å². The van der Waals surface area contributed by atoms with Crippen molar-refractivity contribution in [3.8, 4) is 22.6 Å². The van der Waals surface area contributed by atoms with E-state index in [2.05, 4.69) is 17.0 Å². The van der Waals surface area contributed by atoms with E-state index in [1.54, 1.807) is 18.3 Å². The summed E-state index contributed by atoms with van der Waals surface area (Å²) in [6, 6.07) is 5.89. The van der Waals surface area contributed by atoms with Gasteiger partial charge in [-0.1, -0.05) is 6.92 Å². The van der Waals surface area contributed by atoms with Crippen LogP contribution in [0, 0.1) is 5.82 Å². The number of aryl methyl sites for hydroxylation is 1. The maximum atomic E-state index is 14.0. The van der Waals surface area contributed by atoms with Crippen LogP contribution < -0.4 is 16.2 Å². The fourth-order valence-electron chi connectivity index (χ4n) is 2.40. The summed E-state index contributed by atoms with van der Waals surface area (Å²) < 4.78 is 21.5. The average Bonchev–Trinajstić information content (AvgIpc) is 2.99. The van der Waals surface area contributed by atoms with Crippen molar-refractivity contribution in [1.82, 2.24) is 14.8 Å². The number of benzene rings is 1. The van der Waals surface area contributed by atoms with Crippen LogP contribution in [0.5, 0.6) is 11.5 Å². The van der Waals surface area contributed by atoms with Gasteiger partial charge in [-0.05, 0) is 24.6 Å². The monoisotopic (exact) mass is 327 g/mol. The maximum Gasteiger partial charge on any atom is 0.167 e. The van der Waals surface area contributed by atoms with Crippen molar-refractivity contribution in [2.24, 2.45) is 0 Å². The second-order valence-corrected chi connectivity index (χ2v) is 5.35. The lowest BCUT2D eigenvalue weighted by Crippen LogP contribution is -1.98. The van der Waals surface area contributed by atoms with E-state index in [4.69, 9.17) is 16.2 Å². The fraction of sp³-hybridized carbons (Fsp3) is 0.176. The zero-order valence-electron chi connectivity index (χ0n) is 13.2. The standard InChI is InChI=1S/C17H18FN5O/c1-2-7-23-10-11(9-22-23)16-15(5-6-21-17(16)20)24-14-4-3-12(19)8-13(14)18/h3-6,8-10H,2,7,19H2,1H3,(H2,20,21). The molecule has 2 aromatic heterocycles. The van der Waals surface area contributed by atoms with Gasteiger partial charge in [0, 0.05) is 36.3 Å². The molecule has 0 amide bonds. The van der Waals surface area contributed by atoms with Gasteiger partial charge in [-0.15, -0.1) is 0 Å². The third-order valence-electron chi connectivity index (χ3n) is 3.49. The number of ether oxygens (including phenoxy) is 1. The van der Waals surface area contributed by atoms with E-state index in [1.165, 1.54) is 18.3 Å². The van der Waals surface area contributed by atoms with E-state index in [0.29, 0.717) is 22.8 Å². The van der Waals surface area contributed by atoms with Crippen LogP contribution in [0.4, 0.5) is 15.9 Å². The molecule has 0 radical (unpaired) electrons. The summed E-state index contributed by atoms with van der Waals surface area (Å²) in [7, 11) is 0. The Labute approximate surface area is 138 Å². The summed E-state index contributed by atoms with van der Waals surface area (Å²) in [6.07, 6.45) is 6.03. The number of aromatic nitrogens is 3. The molecule has 0 aliphatic carbocycles. The Hall–Kier alpha value is -3.09. The van der Waals surface area contributed by atoms with Crippen molar-refractivity contribution in [3.63, 3.8) is 0 Å². The number of pyridine rings is 1. The summed E-state index contributed by atoms with van der Waals surface area (Å²) in [5.41, 5.74) is 13.2. The molecule has 0 bridgehead atoms. The molecule has 0 aliphatic heterocycles. The minimum atomic E-state index is -0.544. The molecule has 1 aromatic carbocycles. The van der Waals surface area contributed by atoms with Gasteiger partial charge in [0.15, 0.2) is 11.6 Å². The van der Waals surface area contributed by atoms with Crippen LogP contribution in [0.1, 0.15) is 13.3 Å². The number of rotatable bonds is 5. The molecule has 7 heteroatoms. The first-order chi connectivity index (χ1) is 11.6. The molecular formula is C17H18FN5O. The summed E-state index contributed by atoms with van der Waals surface area (Å²) in [5, 5.41) is 4.29. The maximum absolute atomic E-state index is 14.0. The SMILES string of the molecule is CCCn1cc(-c2c(Oc3ccc(N)cc3F)ccnc2N)cn1. The fourth-order valence-corrected chi connectivity index (χ4v) is 2.40. The Kier molecular flexibility index (Phi) is 4.33. The topological polar surface area (TPSA) is 92.0 Å². The zero-order chi connectivity index (χ0) is 17.1. The van der Waals surface area contributed by atoms with Crippen molar-refractivity contribution in [2.75, 3.05) is 11.5 Å².